The fourth-order valence-electron chi connectivity index (χ4n) is 0.955. The van der Waals surface area contributed by atoms with E-state index in [0.717, 1.165) is 5.56 Å². The molecule has 0 atom stereocenters. The first-order valence-corrected chi connectivity index (χ1v) is 4.30. The minimum absolute atomic E-state index is 0.266. The minimum atomic E-state index is -0.266. The molecule has 1 aromatic carbocycles. The number of hydrogen-bond acceptors (Lipinski definition) is 1. The molecule has 0 heterocycles. The molecular weight excluding hydrogens is 189 g/mol. The maximum Gasteiger partial charge on any atom is 0.146 e. The van der Waals surface area contributed by atoms with Gasteiger partial charge in [0.15, 0.2) is 0 Å². The molecule has 0 saturated heterocycles. The Hall–Kier alpha value is -1.02. The zero-order valence-electron chi connectivity index (χ0n) is 7.40. The van der Waals surface area contributed by atoms with Gasteiger partial charge < -0.3 is 5.32 Å². The Bertz CT molecular complexity index is 323. The first-order valence-electron chi connectivity index (χ1n) is 3.93. The van der Waals surface area contributed by atoms with Gasteiger partial charge in [0.1, 0.15) is 5.82 Å². The van der Waals surface area contributed by atoms with E-state index >= 15 is 0 Å². The van der Waals surface area contributed by atoms with Gasteiger partial charge in [-0.25, -0.2) is 4.39 Å². The van der Waals surface area contributed by atoms with Gasteiger partial charge >= 0.3 is 0 Å². The average Bonchev–Trinajstić information content (AvgIpc) is 2.02. The van der Waals surface area contributed by atoms with Gasteiger partial charge in [-0.2, -0.15) is 0 Å². The molecule has 0 aromatic heterocycles. The van der Waals surface area contributed by atoms with E-state index in [1.165, 1.54) is 6.07 Å². The Balaban J connectivity index is 2.72. The van der Waals surface area contributed by atoms with Crippen LogP contribution in [0.1, 0.15) is 5.56 Å². The lowest BCUT2D eigenvalue weighted by Crippen LogP contribution is -2.02. The van der Waals surface area contributed by atoms with Crippen LogP contribution < -0.4 is 5.32 Å². The summed E-state index contributed by atoms with van der Waals surface area (Å²) < 4.78 is 13.2. The van der Waals surface area contributed by atoms with Gasteiger partial charge in [-0.05, 0) is 24.6 Å². The molecule has 0 aliphatic rings. The van der Waals surface area contributed by atoms with Crippen LogP contribution in [0.2, 0.25) is 0 Å². The van der Waals surface area contributed by atoms with Crippen LogP contribution >= 0.6 is 11.6 Å². The van der Waals surface area contributed by atoms with Crippen molar-refractivity contribution in [3.05, 3.63) is 41.2 Å². The summed E-state index contributed by atoms with van der Waals surface area (Å²) in [6.07, 6.45) is 0. The van der Waals surface area contributed by atoms with E-state index in [2.05, 4.69) is 11.9 Å². The van der Waals surface area contributed by atoms with Crippen molar-refractivity contribution < 1.29 is 4.39 Å². The van der Waals surface area contributed by atoms with Gasteiger partial charge in [0, 0.05) is 5.03 Å². The summed E-state index contributed by atoms with van der Waals surface area (Å²) in [4.78, 5) is 0. The molecule has 0 unspecified atom stereocenters. The van der Waals surface area contributed by atoms with E-state index in [9.17, 15) is 4.39 Å². The van der Waals surface area contributed by atoms with Crippen LogP contribution in [0, 0.1) is 12.7 Å². The molecule has 1 aromatic rings. The number of anilines is 1. The lowest BCUT2D eigenvalue weighted by molar-refractivity contribution is 0.629. The van der Waals surface area contributed by atoms with Crippen LogP contribution in [0.25, 0.3) is 0 Å². The van der Waals surface area contributed by atoms with Crippen molar-refractivity contribution in [2.24, 2.45) is 0 Å². The van der Waals surface area contributed by atoms with Crippen molar-refractivity contribution in [2.75, 3.05) is 11.9 Å². The summed E-state index contributed by atoms with van der Waals surface area (Å²) in [5, 5.41) is 3.29. The SMILES string of the molecule is C=C(Cl)CNc1ccc(C)cc1F. The van der Waals surface area contributed by atoms with Crippen molar-refractivity contribution in [1.82, 2.24) is 0 Å². The van der Waals surface area contributed by atoms with Gasteiger partial charge in [-0.15, -0.1) is 0 Å². The summed E-state index contributed by atoms with van der Waals surface area (Å²) in [5.74, 6) is -0.266. The monoisotopic (exact) mass is 199 g/mol. The highest BCUT2D eigenvalue weighted by molar-refractivity contribution is 6.29. The maximum absolute atomic E-state index is 13.2. The first kappa shape index (κ1) is 10.1. The molecule has 0 spiro atoms. The molecule has 0 aliphatic carbocycles. The Morgan fingerprint density at radius 2 is 2.31 bits per heavy atom. The summed E-state index contributed by atoms with van der Waals surface area (Å²) in [6, 6.07) is 4.99. The van der Waals surface area contributed by atoms with Crippen LogP contribution in [0.4, 0.5) is 10.1 Å². The van der Waals surface area contributed by atoms with E-state index in [0.29, 0.717) is 17.3 Å². The zero-order chi connectivity index (χ0) is 9.84. The lowest BCUT2D eigenvalue weighted by Gasteiger charge is -2.06. The molecule has 1 nitrogen and oxygen atoms in total. The Kier molecular flexibility index (Phi) is 3.32. The standard InChI is InChI=1S/C10H11ClFN/c1-7-3-4-10(9(12)5-7)13-6-8(2)11/h3-5,13H,2,6H2,1H3. The highest BCUT2D eigenvalue weighted by Crippen LogP contribution is 2.15. The quantitative estimate of drug-likeness (QED) is 0.788. The molecule has 0 aliphatic heterocycles. The number of aryl methyl sites for hydroxylation is 1. The smallest absolute Gasteiger partial charge is 0.146 e. The van der Waals surface area contributed by atoms with Gasteiger partial charge in [0.25, 0.3) is 0 Å². The molecule has 0 fully saturated rings. The summed E-state index contributed by atoms with van der Waals surface area (Å²) in [6.45, 7) is 5.72. The number of hydrogen-bond donors (Lipinski definition) is 1. The molecule has 70 valence electrons. The zero-order valence-corrected chi connectivity index (χ0v) is 8.16. The third kappa shape index (κ3) is 3.07. The highest BCUT2D eigenvalue weighted by atomic mass is 35.5. The van der Waals surface area contributed by atoms with Crippen LogP contribution in [-0.2, 0) is 0 Å². The summed E-state index contributed by atoms with van der Waals surface area (Å²) in [7, 11) is 0. The van der Waals surface area contributed by atoms with E-state index in [-0.39, 0.29) is 5.82 Å². The molecule has 1 N–H and O–H groups in total. The second kappa shape index (κ2) is 4.28. The molecule has 13 heavy (non-hydrogen) atoms. The number of halogens is 2. The molecule has 0 radical (unpaired) electrons. The fraction of sp³-hybridized carbons (Fsp3) is 0.200. The van der Waals surface area contributed by atoms with Gasteiger partial charge in [0.2, 0.25) is 0 Å². The molecule has 0 saturated carbocycles. The Labute approximate surface area is 82.2 Å². The molecule has 0 bridgehead atoms. The number of rotatable bonds is 3. The van der Waals surface area contributed by atoms with Crippen LogP contribution in [0.3, 0.4) is 0 Å². The Morgan fingerprint density at radius 3 is 2.85 bits per heavy atom. The minimum Gasteiger partial charge on any atom is -0.378 e. The van der Waals surface area contributed by atoms with Gasteiger partial charge in [-0.1, -0.05) is 24.2 Å². The largest absolute Gasteiger partial charge is 0.378 e. The second-order valence-corrected chi connectivity index (χ2v) is 3.39. The Morgan fingerprint density at radius 1 is 1.62 bits per heavy atom. The van der Waals surface area contributed by atoms with E-state index in [1.807, 2.05) is 13.0 Å². The normalized spacial score (nSPS) is 9.77. The van der Waals surface area contributed by atoms with Gasteiger partial charge in [0.05, 0.1) is 12.2 Å². The van der Waals surface area contributed by atoms with E-state index < -0.39 is 0 Å². The van der Waals surface area contributed by atoms with Crippen molar-refractivity contribution >= 4 is 17.3 Å². The van der Waals surface area contributed by atoms with Crippen molar-refractivity contribution in [1.29, 1.82) is 0 Å². The van der Waals surface area contributed by atoms with Crippen LogP contribution in [0.15, 0.2) is 29.8 Å². The topological polar surface area (TPSA) is 12.0 Å². The van der Waals surface area contributed by atoms with E-state index in [1.54, 1.807) is 6.07 Å². The lowest BCUT2D eigenvalue weighted by atomic mass is 10.2. The number of benzene rings is 1. The predicted molar refractivity (Wildman–Crippen MR) is 54.6 cm³/mol. The summed E-state index contributed by atoms with van der Waals surface area (Å²) in [5.41, 5.74) is 1.35. The summed E-state index contributed by atoms with van der Waals surface area (Å²) >= 11 is 5.53. The number of nitrogens with one attached hydrogen (secondary N) is 1. The van der Waals surface area contributed by atoms with Crippen LogP contribution in [0.5, 0.6) is 0 Å². The van der Waals surface area contributed by atoms with Crippen molar-refractivity contribution in [3.8, 4) is 0 Å². The molecular formula is C10H11ClFN. The van der Waals surface area contributed by atoms with Gasteiger partial charge in [-0.3, -0.25) is 0 Å². The fourth-order valence-corrected chi connectivity index (χ4v) is 1.02. The molecule has 1 rings (SSSR count). The third-order valence-electron chi connectivity index (χ3n) is 1.60. The first-order chi connectivity index (χ1) is 6.09. The highest BCUT2D eigenvalue weighted by Gasteiger charge is 2.00. The third-order valence-corrected chi connectivity index (χ3v) is 1.73. The van der Waals surface area contributed by atoms with Crippen molar-refractivity contribution in [2.45, 2.75) is 6.92 Å². The average molecular weight is 200 g/mol. The van der Waals surface area contributed by atoms with Crippen LogP contribution in [-0.4, -0.2) is 6.54 Å². The van der Waals surface area contributed by atoms with Crippen molar-refractivity contribution in [3.63, 3.8) is 0 Å². The van der Waals surface area contributed by atoms with E-state index in [4.69, 9.17) is 11.6 Å². The molecule has 0 amide bonds. The maximum atomic E-state index is 13.2. The second-order valence-electron chi connectivity index (χ2n) is 2.85. The molecule has 3 heteroatoms. The predicted octanol–water partition coefficient (Wildman–Crippen LogP) is 3.30.